The van der Waals surface area contributed by atoms with Gasteiger partial charge >= 0.3 is 6.18 Å². The molecule has 2 nitrogen and oxygen atoms in total. The van der Waals surface area contributed by atoms with E-state index < -0.39 is 12.4 Å². The Morgan fingerprint density at radius 2 is 2.05 bits per heavy atom. The second-order valence-corrected chi connectivity index (χ2v) is 6.39. The van der Waals surface area contributed by atoms with Crippen molar-refractivity contribution in [2.75, 3.05) is 6.54 Å². The fraction of sp³-hybridized carbons (Fsp3) is 0.750. The first kappa shape index (κ1) is 16.4. The molecule has 0 saturated carbocycles. The van der Waals surface area contributed by atoms with Gasteiger partial charge in [0.2, 0.25) is 6.23 Å². The summed E-state index contributed by atoms with van der Waals surface area (Å²) in [6, 6.07) is 0. The summed E-state index contributed by atoms with van der Waals surface area (Å²) < 4.78 is 38.6. The summed E-state index contributed by atoms with van der Waals surface area (Å²) in [5.74, 6) is 1.12. The highest BCUT2D eigenvalue weighted by atomic mass is 19.4. The Bertz CT molecular complexity index is 439. The summed E-state index contributed by atoms with van der Waals surface area (Å²) >= 11 is 0. The molecular weight excluding hydrogens is 279 g/mol. The summed E-state index contributed by atoms with van der Waals surface area (Å²) in [5.41, 5.74) is 1.68. The zero-order valence-electron chi connectivity index (χ0n) is 12.8. The largest absolute Gasteiger partial charge is 0.433 e. The second kappa shape index (κ2) is 6.03. The van der Waals surface area contributed by atoms with Gasteiger partial charge in [-0.05, 0) is 48.7 Å². The van der Waals surface area contributed by atoms with E-state index in [0.717, 1.165) is 23.3 Å². The van der Waals surface area contributed by atoms with E-state index >= 15 is 0 Å². The van der Waals surface area contributed by atoms with E-state index in [-0.39, 0.29) is 6.54 Å². The predicted octanol–water partition coefficient (Wildman–Crippen LogP) is 4.09. The molecule has 2 aliphatic rings. The molecule has 1 N–H and O–H groups in total. The first-order chi connectivity index (χ1) is 9.75. The Morgan fingerprint density at radius 1 is 1.38 bits per heavy atom. The maximum absolute atomic E-state index is 12.9. The van der Waals surface area contributed by atoms with Gasteiger partial charge in [0.25, 0.3) is 0 Å². The molecule has 21 heavy (non-hydrogen) atoms. The summed E-state index contributed by atoms with van der Waals surface area (Å²) in [6.45, 7) is 6.58. The third-order valence-electron chi connectivity index (χ3n) is 4.69. The third kappa shape index (κ3) is 3.28. The van der Waals surface area contributed by atoms with Crippen LogP contribution in [0, 0.1) is 17.8 Å². The number of aliphatic hydroxyl groups is 1. The minimum absolute atomic E-state index is 0.253. The number of halogens is 3. The smallest absolute Gasteiger partial charge is 0.366 e. The van der Waals surface area contributed by atoms with Crippen molar-refractivity contribution in [2.24, 2.45) is 17.8 Å². The van der Waals surface area contributed by atoms with Crippen molar-refractivity contribution < 1.29 is 18.3 Å². The first-order valence-electron chi connectivity index (χ1n) is 7.68. The average Bonchev–Trinajstić information content (AvgIpc) is 2.43. The lowest BCUT2D eigenvalue weighted by Crippen LogP contribution is -2.48. The minimum Gasteiger partial charge on any atom is -0.366 e. The van der Waals surface area contributed by atoms with Crippen LogP contribution in [0.5, 0.6) is 0 Å². The number of nitrogens with zero attached hydrogens (tertiary/aromatic N) is 1. The average molecular weight is 303 g/mol. The van der Waals surface area contributed by atoms with E-state index in [9.17, 15) is 18.3 Å². The molecule has 5 heteroatoms. The lowest BCUT2D eigenvalue weighted by atomic mass is 9.75. The highest BCUT2D eigenvalue weighted by molar-refractivity contribution is 5.34. The third-order valence-corrected chi connectivity index (χ3v) is 4.69. The van der Waals surface area contributed by atoms with Gasteiger partial charge in [-0.15, -0.1) is 0 Å². The number of alkyl halides is 3. The molecular formula is C16H24F3NO. The molecule has 0 bridgehead atoms. The zero-order valence-corrected chi connectivity index (χ0v) is 12.8. The molecule has 3 unspecified atom stereocenters. The van der Waals surface area contributed by atoms with Crippen molar-refractivity contribution in [2.45, 2.75) is 52.4 Å². The molecule has 0 saturated heterocycles. The highest BCUT2D eigenvalue weighted by Gasteiger charge is 2.45. The van der Waals surface area contributed by atoms with E-state index in [2.05, 4.69) is 20.8 Å². The van der Waals surface area contributed by atoms with Crippen LogP contribution in [0.2, 0.25) is 0 Å². The van der Waals surface area contributed by atoms with Crippen molar-refractivity contribution in [3.8, 4) is 0 Å². The molecule has 0 amide bonds. The summed E-state index contributed by atoms with van der Waals surface area (Å²) in [7, 11) is 0. The fourth-order valence-corrected chi connectivity index (χ4v) is 3.43. The monoisotopic (exact) mass is 303 g/mol. The molecule has 1 heterocycles. The van der Waals surface area contributed by atoms with E-state index in [1.54, 1.807) is 6.08 Å². The summed E-state index contributed by atoms with van der Waals surface area (Å²) in [6.07, 6.45) is -0.773. The lowest BCUT2D eigenvalue weighted by Gasteiger charge is -2.43. The molecule has 0 aromatic heterocycles. The van der Waals surface area contributed by atoms with Gasteiger partial charge < -0.3 is 10.0 Å². The van der Waals surface area contributed by atoms with E-state index in [1.807, 2.05) is 6.08 Å². The number of rotatable bonds is 3. The fourth-order valence-electron chi connectivity index (χ4n) is 3.43. The summed E-state index contributed by atoms with van der Waals surface area (Å²) in [5, 5.41) is 9.63. The molecule has 1 aliphatic carbocycles. The van der Waals surface area contributed by atoms with Gasteiger partial charge in [0.1, 0.15) is 0 Å². The van der Waals surface area contributed by atoms with Crippen molar-refractivity contribution in [1.82, 2.24) is 4.90 Å². The maximum atomic E-state index is 12.9. The van der Waals surface area contributed by atoms with Gasteiger partial charge in [-0.2, -0.15) is 13.2 Å². The Labute approximate surface area is 124 Å². The van der Waals surface area contributed by atoms with E-state index in [1.165, 1.54) is 0 Å². The summed E-state index contributed by atoms with van der Waals surface area (Å²) in [4.78, 5) is 1.12. The highest BCUT2D eigenvalue weighted by Crippen LogP contribution is 2.42. The Balaban J connectivity index is 2.36. The van der Waals surface area contributed by atoms with Crippen LogP contribution in [0.25, 0.3) is 0 Å². The Kier molecular flexibility index (Phi) is 4.71. The van der Waals surface area contributed by atoms with E-state index in [0.29, 0.717) is 29.9 Å². The number of allylic oxidation sites excluding steroid dienone is 3. The molecule has 0 aromatic carbocycles. The Morgan fingerprint density at radius 3 is 2.57 bits per heavy atom. The van der Waals surface area contributed by atoms with E-state index in [4.69, 9.17) is 0 Å². The molecule has 3 atom stereocenters. The SMILES string of the molecule is CCC1C=CC2=C(C1)C(C(C)C)CCN2C(O)C(F)(F)F. The molecule has 0 spiro atoms. The van der Waals surface area contributed by atoms with Gasteiger partial charge in [-0.3, -0.25) is 0 Å². The van der Waals surface area contributed by atoms with Gasteiger partial charge in [0, 0.05) is 12.2 Å². The Hall–Kier alpha value is -0.970. The predicted molar refractivity (Wildman–Crippen MR) is 76.3 cm³/mol. The normalized spacial score (nSPS) is 28.1. The van der Waals surface area contributed by atoms with Crippen LogP contribution in [0.4, 0.5) is 13.2 Å². The van der Waals surface area contributed by atoms with Crippen LogP contribution in [0.3, 0.4) is 0 Å². The number of hydrogen-bond acceptors (Lipinski definition) is 2. The van der Waals surface area contributed by atoms with Crippen LogP contribution in [-0.2, 0) is 0 Å². The standard InChI is InChI=1S/C16H24F3NO/c1-4-11-5-6-14-13(9-11)12(10(2)3)7-8-20(14)15(21)16(17,18)19/h5-6,10-12,15,21H,4,7-9H2,1-3H3. The van der Waals surface area contributed by atoms with Crippen molar-refractivity contribution in [1.29, 1.82) is 0 Å². The van der Waals surface area contributed by atoms with Crippen molar-refractivity contribution in [3.05, 3.63) is 23.4 Å². The van der Waals surface area contributed by atoms with Crippen LogP contribution < -0.4 is 0 Å². The van der Waals surface area contributed by atoms with Crippen LogP contribution in [-0.4, -0.2) is 29.0 Å². The van der Waals surface area contributed by atoms with Crippen molar-refractivity contribution >= 4 is 0 Å². The first-order valence-corrected chi connectivity index (χ1v) is 7.68. The lowest BCUT2D eigenvalue weighted by molar-refractivity contribution is -0.244. The van der Waals surface area contributed by atoms with Gasteiger partial charge in [0.15, 0.2) is 0 Å². The van der Waals surface area contributed by atoms with Crippen LogP contribution >= 0.6 is 0 Å². The van der Waals surface area contributed by atoms with Crippen LogP contribution in [0.15, 0.2) is 23.4 Å². The zero-order chi connectivity index (χ0) is 15.8. The number of hydrogen-bond donors (Lipinski definition) is 1. The van der Waals surface area contributed by atoms with Gasteiger partial charge in [-0.25, -0.2) is 0 Å². The molecule has 0 radical (unpaired) electrons. The van der Waals surface area contributed by atoms with Gasteiger partial charge in [0.05, 0.1) is 0 Å². The number of aliphatic hydroxyl groups excluding tert-OH is 1. The quantitative estimate of drug-likeness (QED) is 0.849. The topological polar surface area (TPSA) is 23.5 Å². The molecule has 1 aliphatic heterocycles. The second-order valence-electron chi connectivity index (χ2n) is 6.39. The molecule has 120 valence electrons. The van der Waals surface area contributed by atoms with Crippen molar-refractivity contribution in [3.63, 3.8) is 0 Å². The molecule has 2 rings (SSSR count). The van der Waals surface area contributed by atoms with Gasteiger partial charge in [-0.1, -0.05) is 26.8 Å². The maximum Gasteiger partial charge on any atom is 0.433 e. The van der Waals surface area contributed by atoms with Crippen LogP contribution in [0.1, 0.15) is 40.0 Å². The molecule has 0 fully saturated rings. The minimum atomic E-state index is -4.61. The molecule has 0 aromatic rings.